The van der Waals surface area contributed by atoms with Crippen molar-refractivity contribution in [1.82, 2.24) is 19.2 Å². The van der Waals surface area contributed by atoms with Crippen molar-refractivity contribution in [2.45, 2.75) is 25.4 Å². The Labute approximate surface area is 224 Å². The van der Waals surface area contributed by atoms with Gasteiger partial charge in [0.2, 0.25) is 5.91 Å². The van der Waals surface area contributed by atoms with E-state index in [1.165, 1.54) is 0 Å². The summed E-state index contributed by atoms with van der Waals surface area (Å²) in [6.07, 6.45) is 2.64. The van der Waals surface area contributed by atoms with Crippen molar-refractivity contribution in [3.63, 3.8) is 0 Å². The van der Waals surface area contributed by atoms with Gasteiger partial charge in [0.1, 0.15) is 17.0 Å². The lowest BCUT2D eigenvalue weighted by molar-refractivity contribution is -0.137. The predicted molar refractivity (Wildman–Crippen MR) is 145 cm³/mol. The zero-order chi connectivity index (χ0) is 26.6. The molecule has 2 aliphatic heterocycles. The molecule has 4 aromatic rings. The minimum atomic E-state index is -1.21. The highest BCUT2D eigenvalue weighted by Gasteiger charge is 2.45. The topological polar surface area (TPSA) is 105 Å². The molecule has 196 valence electrons. The Bertz CT molecular complexity index is 1550. The Morgan fingerprint density at radius 1 is 1.16 bits per heavy atom. The number of aromatic nitrogens is 3. The van der Waals surface area contributed by atoms with Crippen molar-refractivity contribution in [3.8, 4) is 38.7 Å². The molecule has 38 heavy (non-hydrogen) atoms. The van der Waals surface area contributed by atoms with Crippen LogP contribution in [0.5, 0.6) is 5.75 Å². The summed E-state index contributed by atoms with van der Waals surface area (Å²) in [4.78, 5) is 29.2. The van der Waals surface area contributed by atoms with Crippen LogP contribution < -0.4 is 10.5 Å². The standard InChI is InChI=1S/C28H29N5O4S/c1-28(27(29)35)16-37-11-10-33(28)26(34)22-15-20(24-5-4-12-38-24)25-18-14-19(21-7-8-31(2)30-21)23(36-3)13-17(18)6-9-32(22)25/h4-5,7-8,12-15H,6,9-11,16H2,1-3H3,(H2,29,35)/t28-/m1/s1. The third kappa shape index (κ3) is 3.74. The van der Waals surface area contributed by atoms with Gasteiger partial charge in [0.25, 0.3) is 5.91 Å². The molecule has 0 aliphatic carbocycles. The number of primary amides is 1. The van der Waals surface area contributed by atoms with Gasteiger partial charge in [0.05, 0.1) is 31.7 Å². The molecule has 1 fully saturated rings. The number of nitrogens with zero attached hydrogens (tertiary/aromatic N) is 4. The molecule has 1 atom stereocenters. The minimum absolute atomic E-state index is 0.0789. The number of benzene rings is 1. The lowest BCUT2D eigenvalue weighted by Crippen LogP contribution is -2.64. The van der Waals surface area contributed by atoms with E-state index in [4.69, 9.17) is 15.2 Å². The number of fused-ring (bicyclic) bond motifs is 3. The summed E-state index contributed by atoms with van der Waals surface area (Å²) >= 11 is 1.63. The molecule has 0 spiro atoms. The number of carbonyl (C=O) groups is 2. The summed E-state index contributed by atoms with van der Waals surface area (Å²) in [5.74, 6) is -0.0329. The number of carbonyl (C=O) groups excluding carboxylic acids is 2. The molecular weight excluding hydrogens is 502 g/mol. The number of ether oxygens (including phenoxy) is 2. The van der Waals surface area contributed by atoms with Crippen LogP contribution >= 0.6 is 11.3 Å². The second kappa shape index (κ2) is 9.14. The monoisotopic (exact) mass is 531 g/mol. The van der Waals surface area contributed by atoms with Crippen molar-refractivity contribution < 1.29 is 19.1 Å². The molecule has 5 heterocycles. The average Bonchev–Trinajstić information content (AvgIpc) is 3.67. The zero-order valence-corrected chi connectivity index (χ0v) is 22.4. The van der Waals surface area contributed by atoms with E-state index in [2.05, 4.69) is 27.9 Å². The van der Waals surface area contributed by atoms with Crippen LogP contribution in [0.3, 0.4) is 0 Å². The number of thiophene rings is 1. The SMILES string of the molecule is COc1cc2c(cc1-c1ccn(C)n1)-c1c(-c3cccs3)cc(C(=O)N3CCOC[C@]3(C)C(N)=O)n1CC2. The molecule has 2 N–H and O–H groups in total. The van der Waals surface area contributed by atoms with E-state index < -0.39 is 11.4 Å². The molecule has 10 heteroatoms. The number of methoxy groups -OCH3 is 1. The second-order valence-corrected chi connectivity index (χ2v) is 10.9. The van der Waals surface area contributed by atoms with E-state index >= 15 is 0 Å². The molecular formula is C28H29N5O4S. The molecule has 9 nitrogen and oxygen atoms in total. The van der Waals surface area contributed by atoms with Crippen LogP contribution in [0, 0.1) is 0 Å². The third-order valence-corrected chi connectivity index (χ3v) is 8.49. The van der Waals surface area contributed by atoms with Gasteiger partial charge in [-0.05, 0) is 54.6 Å². The van der Waals surface area contributed by atoms with Crippen LogP contribution in [-0.4, -0.2) is 63.5 Å². The Hall–Kier alpha value is -3.89. The van der Waals surface area contributed by atoms with E-state index in [9.17, 15) is 9.59 Å². The van der Waals surface area contributed by atoms with E-state index in [0.29, 0.717) is 25.4 Å². The van der Waals surface area contributed by atoms with Gasteiger partial charge >= 0.3 is 0 Å². The molecule has 0 unspecified atom stereocenters. The first-order chi connectivity index (χ1) is 18.3. The van der Waals surface area contributed by atoms with Gasteiger partial charge in [-0.25, -0.2) is 0 Å². The fourth-order valence-electron chi connectivity index (χ4n) is 5.50. The highest BCUT2D eigenvalue weighted by molar-refractivity contribution is 7.13. The summed E-state index contributed by atoms with van der Waals surface area (Å²) in [5.41, 5.74) is 10.9. The van der Waals surface area contributed by atoms with E-state index in [1.54, 1.807) is 35.0 Å². The Morgan fingerprint density at radius 2 is 2.00 bits per heavy atom. The van der Waals surface area contributed by atoms with Crippen LogP contribution in [-0.2, 0) is 29.5 Å². The average molecular weight is 532 g/mol. The summed E-state index contributed by atoms with van der Waals surface area (Å²) in [6.45, 7) is 3.03. The lowest BCUT2D eigenvalue weighted by atomic mass is 9.92. The predicted octanol–water partition coefficient (Wildman–Crippen LogP) is 3.57. The van der Waals surface area contributed by atoms with Crippen LogP contribution in [0.2, 0.25) is 0 Å². The molecule has 3 aromatic heterocycles. The number of aryl methyl sites for hydroxylation is 2. The number of hydrogen-bond donors (Lipinski definition) is 1. The van der Waals surface area contributed by atoms with Crippen molar-refractivity contribution in [1.29, 1.82) is 0 Å². The van der Waals surface area contributed by atoms with Crippen LogP contribution in [0.4, 0.5) is 0 Å². The van der Waals surface area contributed by atoms with E-state index in [-0.39, 0.29) is 12.5 Å². The maximum absolute atomic E-state index is 14.1. The summed E-state index contributed by atoms with van der Waals surface area (Å²) in [7, 11) is 3.56. The molecule has 6 rings (SSSR count). The molecule has 2 aliphatic rings. The van der Waals surface area contributed by atoms with Gasteiger partial charge in [-0.3, -0.25) is 14.3 Å². The quantitative estimate of drug-likeness (QED) is 0.424. The maximum atomic E-state index is 14.1. The smallest absolute Gasteiger partial charge is 0.271 e. The molecule has 1 saturated heterocycles. The Balaban J connectivity index is 1.55. The highest BCUT2D eigenvalue weighted by atomic mass is 32.1. The zero-order valence-electron chi connectivity index (χ0n) is 21.6. The minimum Gasteiger partial charge on any atom is -0.496 e. The van der Waals surface area contributed by atoms with Crippen LogP contribution in [0.25, 0.3) is 33.0 Å². The van der Waals surface area contributed by atoms with Crippen LogP contribution in [0.15, 0.2) is 48.0 Å². The third-order valence-electron chi connectivity index (χ3n) is 7.59. The molecule has 0 radical (unpaired) electrons. The molecule has 1 aromatic carbocycles. The number of rotatable bonds is 5. The first-order valence-corrected chi connectivity index (χ1v) is 13.4. The van der Waals surface area contributed by atoms with E-state index in [0.717, 1.165) is 50.7 Å². The molecule has 0 saturated carbocycles. The lowest BCUT2D eigenvalue weighted by Gasteiger charge is -2.42. The van der Waals surface area contributed by atoms with Crippen molar-refractivity contribution in [2.75, 3.05) is 26.9 Å². The summed E-state index contributed by atoms with van der Waals surface area (Å²) in [6, 6.07) is 12.2. The van der Waals surface area contributed by atoms with Crippen LogP contribution in [0.1, 0.15) is 23.0 Å². The number of hydrogen-bond acceptors (Lipinski definition) is 6. The Kier molecular flexibility index (Phi) is 5.88. The molecule has 0 bridgehead atoms. The first kappa shape index (κ1) is 24.4. The van der Waals surface area contributed by atoms with Crippen molar-refractivity contribution in [2.24, 2.45) is 12.8 Å². The van der Waals surface area contributed by atoms with Gasteiger partial charge in [-0.1, -0.05) is 6.07 Å². The Morgan fingerprint density at radius 3 is 2.68 bits per heavy atom. The van der Waals surface area contributed by atoms with Crippen molar-refractivity contribution in [3.05, 3.63) is 59.2 Å². The first-order valence-electron chi connectivity index (χ1n) is 12.5. The highest BCUT2D eigenvalue weighted by Crippen LogP contribution is 2.45. The van der Waals surface area contributed by atoms with E-state index in [1.807, 2.05) is 36.8 Å². The summed E-state index contributed by atoms with van der Waals surface area (Å²) in [5, 5.41) is 6.64. The van der Waals surface area contributed by atoms with Crippen molar-refractivity contribution >= 4 is 23.2 Å². The number of amides is 2. The fourth-order valence-corrected chi connectivity index (χ4v) is 6.24. The van der Waals surface area contributed by atoms with Gasteiger partial charge in [0.15, 0.2) is 0 Å². The summed E-state index contributed by atoms with van der Waals surface area (Å²) < 4.78 is 15.2. The maximum Gasteiger partial charge on any atom is 0.271 e. The van der Waals surface area contributed by atoms with Gasteiger partial charge in [0, 0.05) is 47.9 Å². The number of morpholine rings is 1. The van der Waals surface area contributed by atoms with Gasteiger partial charge < -0.3 is 24.7 Å². The number of nitrogens with two attached hydrogens (primary N) is 1. The molecule has 2 amide bonds. The van der Waals surface area contributed by atoms with Gasteiger partial charge in [-0.2, -0.15) is 5.10 Å². The van der Waals surface area contributed by atoms with Gasteiger partial charge in [-0.15, -0.1) is 11.3 Å². The largest absolute Gasteiger partial charge is 0.496 e. The fraction of sp³-hybridized carbons (Fsp3) is 0.321. The normalized spacial score (nSPS) is 18.7. The second-order valence-electron chi connectivity index (χ2n) is 9.90.